The van der Waals surface area contributed by atoms with Crippen LogP contribution < -0.4 is 5.32 Å². The standard InChI is InChI=1S/C13H20ClN3O/c14-10-7-15-17(8-10)12-2-1-5-13(6-12,9-18)16-11-3-4-11/h7-8,11-12,16,18H,1-6,9H2. The zero-order chi connectivity index (χ0) is 12.6. The number of hydrogen-bond acceptors (Lipinski definition) is 3. The number of hydrogen-bond donors (Lipinski definition) is 2. The van der Waals surface area contributed by atoms with Gasteiger partial charge < -0.3 is 10.4 Å². The third-order valence-electron chi connectivity index (χ3n) is 4.15. The molecule has 18 heavy (non-hydrogen) atoms. The first-order valence-corrected chi connectivity index (χ1v) is 7.17. The average Bonchev–Trinajstić information content (AvgIpc) is 3.08. The quantitative estimate of drug-likeness (QED) is 0.881. The van der Waals surface area contributed by atoms with E-state index in [1.165, 1.54) is 12.8 Å². The molecule has 2 saturated carbocycles. The van der Waals surface area contributed by atoms with Crippen molar-refractivity contribution >= 4 is 11.6 Å². The van der Waals surface area contributed by atoms with Gasteiger partial charge in [-0.15, -0.1) is 0 Å². The Hall–Kier alpha value is -0.580. The molecule has 0 amide bonds. The fourth-order valence-electron chi connectivity index (χ4n) is 3.05. The molecule has 1 heterocycles. The molecule has 0 spiro atoms. The molecule has 0 bridgehead atoms. The van der Waals surface area contributed by atoms with Gasteiger partial charge in [-0.3, -0.25) is 4.68 Å². The van der Waals surface area contributed by atoms with Crippen molar-refractivity contribution < 1.29 is 5.11 Å². The van der Waals surface area contributed by atoms with E-state index < -0.39 is 0 Å². The Balaban J connectivity index is 1.73. The number of aliphatic hydroxyl groups excluding tert-OH is 1. The van der Waals surface area contributed by atoms with Crippen molar-refractivity contribution in [2.75, 3.05) is 6.61 Å². The van der Waals surface area contributed by atoms with Crippen LogP contribution in [0.25, 0.3) is 0 Å². The topological polar surface area (TPSA) is 50.1 Å². The van der Waals surface area contributed by atoms with Crippen LogP contribution in [-0.4, -0.2) is 33.1 Å². The van der Waals surface area contributed by atoms with Gasteiger partial charge in [0.2, 0.25) is 0 Å². The van der Waals surface area contributed by atoms with E-state index in [1.54, 1.807) is 6.20 Å². The van der Waals surface area contributed by atoms with E-state index in [-0.39, 0.29) is 12.1 Å². The van der Waals surface area contributed by atoms with Crippen molar-refractivity contribution in [2.24, 2.45) is 0 Å². The summed E-state index contributed by atoms with van der Waals surface area (Å²) >= 11 is 5.93. The van der Waals surface area contributed by atoms with Crippen molar-refractivity contribution in [1.82, 2.24) is 15.1 Å². The fourth-order valence-corrected chi connectivity index (χ4v) is 3.20. The summed E-state index contributed by atoms with van der Waals surface area (Å²) < 4.78 is 1.96. The number of halogens is 1. The van der Waals surface area contributed by atoms with Gasteiger partial charge in [0.1, 0.15) is 0 Å². The molecule has 2 aliphatic carbocycles. The van der Waals surface area contributed by atoms with Crippen molar-refractivity contribution in [3.63, 3.8) is 0 Å². The lowest BCUT2D eigenvalue weighted by Crippen LogP contribution is -2.52. The number of nitrogens with one attached hydrogen (secondary N) is 1. The normalized spacial score (nSPS) is 32.7. The van der Waals surface area contributed by atoms with E-state index in [0.29, 0.717) is 17.1 Å². The summed E-state index contributed by atoms with van der Waals surface area (Å²) in [4.78, 5) is 0. The first kappa shape index (κ1) is 12.5. The Bertz CT molecular complexity index is 418. The van der Waals surface area contributed by atoms with Crippen LogP contribution in [0.5, 0.6) is 0 Å². The molecule has 0 aliphatic heterocycles. The molecular formula is C13H20ClN3O. The molecule has 2 atom stereocenters. The number of aliphatic hydroxyl groups is 1. The van der Waals surface area contributed by atoms with Crippen molar-refractivity contribution in [3.8, 4) is 0 Å². The van der Waals surface area contributed by atoms with Crippen LogP contribution in [0.2, 0.25) is 5.02 Å². The van der Waals surface area contributed by atoms with Crippen LogP contribution >= 0.6 is 11.6 Å². The fraction of sp³-hybridized carbons (Fsp3) is 0.769. The molecular weight excluding hydrogens is 250 g/mol. The van der Waals surface area contributed by atoms with Gasteiger partial charge >= 0.3 is 0 Å². The Morgan fingerprint density at radius 1 is 1.50 bits per heavy atom. The molecule has 2 N–H and O–H groups in total. The lowest BCUT2D eigenvalue weighted by atomic mass is 9.79. The zero-order valence-corrected chi connectivity index (χ0v) is 11.2. The van der Waals surface area contributed by atoms with Crippen LogP contribution in [-0.2, 0) is 0 Å². The van der Waals surface area contributed by atoms with Gasteiger partial charge in [-0.1, -0.05) is 11.6 Å². The SMILES string of the molecule is OCC1(NC2CC2)CCCC(n2cc(Cl)cn2)C1. The molecule has 2 fully saturated rings. The predicted molar refractivity (Wildman–Crippen MR) is 70.7 cm³/mol. The molecule has 0 aromatic carbocycles. The smallest absolute Gasteiger partial charge is 0.0785 e. The van der Waals surface area contributed by atoms with E-state index >= 15 is 0 Å². The summed E-state index contributed by atoms with van der Waals surface area (Å²) in [6, 6.07) is 0.974. The largest absolute Gasteiger partial charge is 0.394 e. The molecule has 100 valence electrons. The van der Waals surface area contributed by atoms with E-state index in [4.69, 9.17) is 11.6 Å². The molecule has 3 rings (SSSR count). The van der Waals surface area contributed by atoms with Gasteiger partial charge in [-0.2, -0.15) is 5.10 Å². The van der Waals surface area contributed by atoms with Gasteiger partial charge in [0, 0.05) is 17.8 Å². The second kappa shape index (κ2) is 4.83. The highest BCUT2D eigenvalue weighted by molar-refractivity contribution is 6.30. The van der Waals surface area contributed by atoms with Crippen molar-refractivity contribution in [3.05, 3.63) is 17.4 Å². The van der Waals surface area contributed by atoms with Gasteiger partial charge in [0.25, 0.3) is 0 Å². The molecule has 4 nitrogen and oxygen atoms in total. The van der Waals surface area contributed by atoms with Crippen molar-refractivity contribution in [1.29, 1.82) is 0 Å². The minimum atomic E-state index is -0.109. The van der Waals surface area contributed by atoms with Gasteiger partial charge in [0.05, 0.1) is 23.9 Å². The number of aromatic nitrogens is 2. The summed E-state index contributed by atoms with van der Waals surface area (Å²) in [5.41, 5.74) is -0.109. The minimum Gasteiger partial charge on any atom is -0.394 e. The van der Waals surface area contributed by atoms with E-state index in [2.05, 4.69) is 10.4 Å². The average molecular weight is 270 g/mol. The maximum Gasteiger partial charge on any atom is 0.0785 e. The first-order valence-electron chi connectivity index (χ1n) is 6.79. The Kier molecular flexibility index (Phi) is 3.34. The molecule has 2 aliphatic rings. The maximum absolute atomic E-state index is 9.77. The molecule has 2 unspecified atom stereocenters. The van der Waals surface area contributed by atoms with Gasteiger partial charge in [0.15, 0.2) is 0 Å². The van der Waals surface area contributed by atoms with Crippen LogP contribution in [0.15, 0.2) is 12.4 Å². The summed E-state index contributed by atoms with van der Waals surface area (Å²) in [7, 11) is 0. The Morgan fingerprint density at radius 2 is 2.33 bits per heavy atom. The molecule has 1 aromatic heterocycles. The van der Waals surface area contributed by atoms with E-state index in [9.17, 15) is 5.11 Å². The molecule has 0 radical (unpaired) electrons. The summed E-state index contributed by atoms with van der Waals surface area (Å²) in [6.45, 7) is 0.217. The maximum atomic E-state index is 9.77. The highest BCUT2D eigenvalue weighted by Gasteiger charge is 2.40. The predicted octanol–water partition coefficient (Wildman–Crippen LogP) is 2.13. The minimum absolute atomic E-state index is 0.109. The Morgan fingerprint density at radius 3 is 2.94 bits per heavy atom. The summed E-state index contributed by atoms with van der Waals surface area (Å²) in [6.07, 6.45) is 10.3. The van der Waals surface area contributed by atoms with E-state index in [1.807, 2.05) is 10.9 Å². The summed E-state index contributed by atoms with van der Waals surface area (Å²) in [5, 5.41) is 18.4. The number of rotatable bonds is 4. The molecule has 0 saturated heterocycles. The Labute approximate surface area is 112 Å². The van der Waals surface area contributed by atoms with Crippen molar-refractivity contribution in [2.45, 2.75) is 56.1 Å². The number of nitrogens with zero attached hydrogens (tertiary/aromatic N) is 2. The highest BCUT2D eigenvalue weighted by atomic mass is 35.5. The van der Waals surface area contributed by atoms with Gasteiger partial charge in [-0.05, 0) is 38.5 Å². The summed E-state index contributed by atoms with van der Waals surface area (Å²) in [5.74, 6) is 0. The third-order valence-corrected chi connectivity index (χ3v) is 4.35. The molecule has 5 heteroatoms. The van der Waals surface area contributed by atoms with Gasteiger partial charge in [-0.25, -0.2) is 0 Å². The monoisotopic (exact) mass is 269 g/mol. The molecule has 1 aromatic rings. The second-order valence-corrected chi connectivity index (χ2v) is 6.18. The lowest BCUT2D eigenvalue weighted by molar-refractivity contribution is 0.0928. The lowest BCUT2D eigenvalue weighted by Gasteiger charge is -2.40. The van der Waals surface area contributed by atoms with Crippen LogP contribution in [0, 0.1) is 0 Å². The highest BCUT2D eigenvalue weighted by Crippen LogP contribution is 2.37. The van der Waals surface area contributed by atoms with Crippen LogP contribution in [0.4, 0.5) is 0 Å². The van der Waals surface area contributed by atoms with Crippen LogP contribution in [0.1, 0.15) is 44.6 Å². The first-order chi connectivity index (χ1) is 8.71. The van der Waals surface area contributed by atoms with E-state index in [0.717, 1.165) is 25.7 Å². The second-order valence-electron chi connectivity index (χ2n) is 5.75. The third kappa shape index (κ3) is 2.56. The van der Waals surface area contributed by atoms with Crippen LogP contribution in [0.3, 0.4) is 0 Å². The zero-order valence-electron chi connectivity index (χ0n) is 10.5.